The number of hydrogen-bond donors (Lipinski definition) is 0. The van der Waals surface area contributed by atoms with Crippen LogP contribution in [0.2, 0.25) is 5.15 Å². The van der Waals surface area contributed by atoms with E-state index in [-0.39, 0.29) is 0 Å². The highest BCUT2D eigenvalue weighted by Gasteiger charge is 2.06. The molecule has 21 heavy (non-hydrogen) atoms. The topological polar surface area (TPSA) is 31.4 Å². The van der Waals surface area contributed by atoms with Gasteiger partial charge in [-0.1, -0.05) is 29.8 Å². The van der Waals surface area contributed by atoms with Crippen LogP contribution in [-0.4, -0.2) is 12.1 Å². The second kappa shape index (κ2) is 6.02. The monoisotopic (exact) mass is 299 g/mol. The maximum Gasteiger partial charge on any atom is 0.136 e. The lowest BCUT2D eigenvalue weighted by Crippen LogP contribution is -1.98. The number of hydrogen-bond acceptors (Lipinski definition) is 3. The number of rotatable bonds is 4. The summed E-state index contributed by atoms with van der Waals surface area (Å²) >= 11 is 6.21. The van der Waals surface area contributed by atoms with Crippen LogP contribution < -0.4 is 9.47 Å². The molecule has 0 saturated carbocycles. The third-order valence-corrected chi connectivity index (χ3v) is 3.53. The minimum atomic E-state index is 0.378. The summed E-state index contributed by atoms with van der Waals surface area (Å²) in [7, 11) is 1.64. The van der Waals surface area contributed by atoms with Gasteiger partial charge in [-0.05, 0) is 36.4 Å². The summed E-state index contributed by atoms with van der Waals surface area (Å²) in [5, 5.41) is 1.53. The van der Waals surface area contributed by atoms with Gasteiger partial charge < -0.3 is 9.47 Å². The van der Waals surface area contributed by atoms with Gasteiger partial charge in [-0.15, -0.1) is 0 Å². The smallest absolute Gasteiger partial charge is 0.136 e. The number of aromatic nitrogens is 1. The molecule has 3 nitrogen and oxygen atoms in total. The zero-order valence-corrected chi connectivity index (χ0v) is 12.3. The summed E-state index contributed by atoms with van der Waals surface area (Å²) in [6.45, 7) is 0.378. The summed E-state index contributed by atoms with van der Waals surface area (Å²) in [4.78, 5) is 4.38. The summed E-state index contributed by atoms with van der Waals surface area (Å²) in [5.74, 6) is 1.56. The van der Waals surface area contributed by atoms with E-state index in [9.17, 15) is 0 Å². The maximum atomic E-state index is 6.21. The second-order valence-corrected chi connectivity index (χ2v) is 4.95. The van der Waals surface area contributed by atoms with E-state index in [2.05, 4.69) is 4.98 Å². The van der Waals surface area contributed by atoms with Gasteiger partial charge in [0, 0.05) is 10.9 Å². The average Bonchev–Trinajstić information content (AvgIpc) is 2.53. The predicted molar refractivity (Wildman–Crippen MR) is 84.1 cm³/mol. The maximum absolute atomic E-state index is 6.21. The molecule has 0 saturated heterocycles. The molecule has 0 atom stereocenters. The molecule has 0 bridgehead atoms. The Morgan fingerprint density at radius 3 is 2.48 bits per heavy atom. The van der Waals surface area contributed by atoms with Crippen molar-refractivity contribution >= 4 is 22.5 Å². The van der Waals surface area contributed by atoms with E-state index in [1.165, 1.54) is 0 Å². The molecule has 0 aliphatic heterocycles. The van der Waals surface area contributed by atoms with Crippen LogP contribution in [0.1, 0.15) is 5.56 Å². The second-order valence-electron chi connectivity index (χ2n) is 4.60. The van der Waals surface area contributed by atoms with Gasteiger partial charge in [0.2, 0.25) is 0 Å². The largest absolute Gasteiger partial charge is 0.497 e. The molecule has 0 unspecified atom stereocenters. The molecular formula is C17H14ClNO2. The Hall–Kier alpha value is -2.26. The van der Waals surface area contributed by atoms with E-state index in [1.54, 1.807) is 7.11 Å². The van der Waals surface area contributed by atoms with Gasteiger partial charge in [-0.2, -0.15) is 0 Å². The Labute approximate surface area is 128 Å². The Bertz CT molecular complexity index is 756. The van der Waals surface area contributed by atoms with Crippen molar-refractivity contribution in [3.8, 4) is 11.5 Å². The van der Waals surface area contributed by atoms with Crippen molar-refractivity contribution in [1.29, 1.82) is 0 Å². The first-order valence-corrected chi connectivity index (χ1v) is 6.95. The van der Waals surface area contributed by atoms with Gasteiger partial charge in [-0.25, -0.2) is 4.98 Å². The van der Waals surface area contributed by atoms with Crippen molar-refractivity contribution in [1.82, 2.24) is 4.98 Å². The molecular weight excluding hydrogens is 286 g/mol. The van der Waals surface area contributed by atoms with Gasteiger partial charge in [0.15, 0.2) is 0 Å². The van der Waals surface area contributed by atoms with Crippen LogP contribution in [0.25, 0.3) is 10.9 Å². The molecule has 1 aromatic heterocycles. The molecule has 3 rings (SSSR count). The van der Waals surface area contributed by atoms with Crippen LogP contribution in [0.4, 0.5) is 0 Å². The first-order valence-electron chi connectivity index (χ1n) is 6.57. The Morgan fingerprint density at radius 2 is 1.71 bits per heavy atom. The number of pyridine rings is 1. The van der Waals surface area contributed by atoms with Crippen molar-refractivity contribution in [3.05, 3.63) is 65.3 Å². The van der Waals surface area contributed by atoms with Gasteiger partial charge >= 0.3 is 0 Å². The number of nitrogens with zero attached hydrogens (tertiary/aromatic N) is 1. The van der Waals surface area contributed by atoms with Crippen molar-refractivity contribution < 1.29 is 9.47 Å². The van der Waals surface area contributed by atoms with Crippen LogP contribution in [0.3, 0.4) is 0 Å². The van der Waals surface area contributed by atoms with Crippen LogP contribution in [0, 0.1) is 0 Å². The van der Waals surface area contributed by atoms with E-state index >= 15 is 0 Å². The molecule has 0 fully saturated rings. The summed E-state index contributed by atoms with van der Waals surface area (Å²) in [6.07, 6.45) is 0. The van der Waals surface area contributed by atoms with E-state index in [0.29, 0.717) is 11.8 Å². The standard InChI is InChI=1S/C17H14ClNO2/c1-20-14-6-8-15(9-7-14)21-11-13-10-12-4-2-3-5-16(12)19-17(13)18/h2-10H,11H2,1H3. The first kappa shape index (κ1) is 13.7. The fourth-order valence-electron chi connectivity index (χ4n) is 2.07. The fraction of sp³-hybridized carbons (Fsp3) is 0.118. The summed E-state index contributed by atoms with van der Waals surface area (Å²) in [5.41, 5.74) is 1.75. The molecule has 2 aromatic carbocycles. The minimum Gasteiger partial charge on any atom is -0.497 e. The van der Waals surface area contributed by atoms with Gasteiger partial charge in [0.25, 0.3) is 0 Å². The van der Waals surface area contributed by atoms with Crippen LogP contribution >= 0.6 is 11.6 Å². The van der Waals surface area contributed by atoms with Crippen molar-refractivity contribution in [2.75, 3.05) is 7.11 Å². The predicted octanol–water partition coefficient (Wildman–Crippen LogP) is 4.48. The van der Waals surface area contributed by atoms with E-state index in [0.717, 1.165) is 28.0 Å². The Balaban J connectivity index is 1.79. The lowest BCUT2D eigenvalue weighted by molar-refractivity contribution is 0.305. The zero-order valence-electron chi connectivity index (χ0n) is 11.5. The molecule has 0 radical (unpaired) electrons. The summed E-state index contributed by atoms with van der Waals surface area (Å²) in [6, 6.07) is 17.3. The SMILES string of the molecule is COc1ccc(OCc2cc3ccccc3nc2Cl)cc1. The Kier molecular flexibility index (Phi) is 3.93. The van der Waals surface area contributed by atoms with Crippen molar-refractivity contribution in [2.45, 2.75) is 6.61 Å². The normalized spacial score (nSPS) is 10.6. The lowest BCUT2D eigenvalue weighted by Gasteiger charge is -2.09. The van der Waals surface area contributed by atoms with Gasteiger partial charge in [0.05, 0.1) is 12.6 Å². The molecule has 3 aromatic rings. The number of para-hydroxylation sites is 1. The number of benzene rings is 2. The summed E-state index contributed by atoms with van der Waals surface area (Å²) < 4.78 is 10.9. The molecule has 0 aliphatic carbocycles. The molecule has 106 valence electrons. The van der Waals surface area contributed by atoms with Gasteiger partial charge in [-0.3, -0.25) is 0 Å². The number of methoxy groups -OCH3 is 1. The van der Waals surface area contributed by atoms with Crippen LogP contribution in [0.15, 0.2) is 54.6 Å². The van der Waals surface area contributed by atoms with E-state index in [4.69, 9.17) is 21.1 Å². The van der Waals surface area contributed by atoms with Crippen molar-refractivity contribution in [3.63, 3.8) is 0 Å². The molecule has 0 spiro atoms. The highest BCUT2D eigenvalue weighted by Crippen LogP contribution is 2.23. The first-order chi connectivity index (χ1) is 10.3. The zero-order chi connectivity index (χ0) is 14.7. The molecule has 0 aliphatic rings. The van der Waals surface area contributed by atoms with E-state index in [1.807, 2.05) is 54.6 Å². The molecule has 0 N–H and O–H groups in total. The number of fused-ring (bicyclic) bond motifs is 1. The minimum absolute atomic E-state index is 0.378. The third-order valence-electron chi connectivity index (χ3n) is 3.20. The van der Waals surface area contributed by atoms with Gasteiger partial charge in [0.1, 0.15) is 23.3 Å². The van der Waals surface area contributed by atoms with Crippen molar-refractivity contribution in [2.24, 2.45) is 0 Å². The number of ether oxygens (including phenoxy) is 2. The quantitative estimate of drug-likeness (QED) is 0.666. The third kappa shape index (κ3) is 3.09. The highest BCUT2D eigenvalue weighted by atomic mass is 35.5. The molecule has 1 heterocycles. The average molecular weight is 300 g/mol. The van der Waals surface area contributed by atoms with Crippen LogP contribution in [-0.2, 0) is 6.61 Å². The fourth-order valence-corrected chi connectivity index (χ4v) is 2.27. The van der Waals surface area contributed by atoms with Crippen LogP contribution in [0.5, 0.6) is 11.5 Å². The highest BCUT2D eigenvalue weighted by molar-refractivity contribution is 6.30. The number of halogens is 1. The molecule has 4 heteroatoms. The lowest BCUT2D eigenvalue weighted by atomic mass is 10.2. The van der Waals surface area contributed by atoms with E-state index < -0.39 is 0 Å². The Morgan fingerprint density at radius 1 is 1.00 bits per heavy atom. The molecule has 0 amide bonds.